The highest BCUT2D eigenvalue weighted by Gasteiger charge is 2.49. The van der Waals surface area contributed by atoms with E-state index in [1.165, 1.54) is 4.90 Å². The largest absolute Gasteiger partial charge is 0.480 e. The Kier molecular flexibility index (Phi) is 5.37. The van der Waals surface area contributed by atoms with E-state index in [1.54, 1.807) is 0 Å². The third-order valence-electron chi connectivity index (χ3n) is 4.27. The molecular weight excluding hydrogens is 262 g/mol. The van der Waals surface area contributed by atoms with Crippen LogP contribution in [0.2, 0.25) is 0 Å². The van der Waals surface area contributed by atoms with Gasteiger partial charge in [0.2, 0.25) is 5.91 Å². The van der Waals surface area contributed by atoms with E-state index in [1.807, 2.05) is 6.92 Å². The lowest BCUT2D eigenvalue weighted by atomic mass is 9.94. The number of rotatable bonds is 7. The van der Waals surface area contributed by atoms with Crippen molar-refractivity contribution in [1.29, 1.82) is 0 Å². The standard InChI is InChI=1S/C14H23NO5/c1-2-19-6-7-20-9-12(16)15-8-10-4-3-5-11(10)13(15)14(17)18/h10-11,13H,2-9H2,1H3,(H,17,18). The highest BCUT2D eigenvalue weighted by atomic mass is 16.5. The minimum atomic E-state index is -0.887. The summed E-state index contributed by atoms with van der Waals surface area (Å²) in [6.45, 7) is 3.83. The maximum atomic E-state index is 12.1. The van der Waals surface area contributed by atoms with Gasteiger partial charge in [-0.1, -0.05) is 6.42 Å². The average Bonchev–Trinajstić information content (AvgIpc) is 2.97. The molecule has 0 radical (unpaired) electrons. The minimum absolute atomic E-state index is 0.0592. The number of carbonyl (C=O) groups excluding carboxylic acids is 1. The van der Waals surface area contributed by atoms with Crippen molar-refractivity contribution in [3.63, 3.8) is 0 Å². The van der Waals surface area contributed by atoms with E-state index in [2.05, 4.69) is 0 Å². The second-order valence-electron chi connectivity index (χ2n) is 5.43. The molecular formula is C14H23NO5. The van der Waals surface area contributed by atoms with Crippen LogP contribution >= 0.6 is 0 Å². The van der Waals surface area contributed by atoms with Gasteiger partial charge in [-0.25, -0.2) is 4.79 Å². The van der Waals surface area contributed by atoms with E-state index in [0.29, 0.717) is 32.3 Å². The highest BCUT2D eigenvalue weighted by molar-refractivity contribution is 5.85. The third-order valence-corrected chi connectivity index (χ3v) is 4.27. The Bertz CT molecular complexity index is 359. The minimum Gasteiger partial charge on any atom is -0.480 e. The van der Waals surface area contributed by atoms with Crippen LogP contribution in [0.4, 0.5) is 0 Å². The summed E-state index contributed by atoms with van der Waals surface area (Å²) in [5.74, 6) is -0.631. The highest BCUT2D eigenvalue weighted by Crippen LogP contribution is 2.42. The summed E-state index contributed by atoms with van der Waals surface area (Å²) in [4.78, 5) is 25.0. The zero-order valence-electron chi connectivity index (χ0n) is 11.9. The Hall–Kier alpha value is -1.14. The number of nitrogens with zero attached hydrogens (tertiary/aromatic N) is 1. The van der Waals surface area contributed by atoms with Crippen molar-refractivity contribution >= 4 is 11.9 Å². The normalized spacial score (nSPS) is 28.6. The van der Waals surface area contributed by atoms with Crippen molar-refractivity contribution < 1.29 is 24.2 Å². The van der Waals surface area contributed by atoms with E-state index in [9.17, 15) is 14.7 Å². The summed E-state index contributed by atoms with van der Waals surface area (Å²) in [6.07, 6.45) is 3.02. The van der Waals surface area contributed by atoms with Crippen LogP contribution in [-0.2, 0) is 19.1 Å². The molecule has 2 rings (SSSR count). The second kappa shape index (κ2) is 7.04. The first-order valence-electron chi connectivity index (χ1n) is 7.33. The molecule has 0 bridgehead atoms. The zero-order valence-corrected chi connectivity index (χ0v) is 11.9. The number of hydrogen-bond donors (Lipinski definition) is 1. The number of carboxylic acid groups (broad SMARTS) is 1. The summed E-state index contributed by atoms with van der Waals surface area (Å²) in [5, 5.41) is 9.37. The molecule has 1 aliphatic carbocycles. The van der Waals surface area contributed by atoms with Crippen molar-refractivity contribution in [2.45, 2.75) is 32.2 Å². The maximum absolute atomic E-state index is 12.1. The van der Waals surface area contributed by atoms with Crippen LogP contribution in [0.25, 0.3) is 0 Å². The molecule has 20 heavy (non-hydrogen) atoms. The molecule has 0 aromatic carbocycles. The summed E-state index contributed by atoms with van der Waals surface area (Å²) in [6, 6.07) is -0.662. The summed E-state index contributed by atoms with van der Waals surface area (Å²) in [7, 11) is 0. The first-order chi connectivity index (χ1) is 9.65. The van der Waals surface area contributed by atoms with E-state index in [0.717, 1.165) is 19.3 Å². The fourth-order valence-electron chi connectivity index (χ4n) is 3.38. The molecule has 1 heterocycles. The van der Waals surface area contributed by atoms with Crippen molar-refractivity contribution in [2.24, 2.45) is 11.8 Å². The van der Waals surface area contributed by atoms with Crippen LogP contribution < -0.4 is 0 Å². The Balaban J connectivity index is 1.84. The first kappa shape index (κ1) is 15.3. The predicted molar refractivity (Wildman–Crippen MR) is 71.3 cm³/mol. The van der Waals surface area contributed by atoms with Crippen molar-refractivity contribution in [2.75, 3.05) is 33.0 Å². The number of aliphatic carboxylic acids is 1. The van der Waals surface area contributed by atoms with E-state index in [4.69, 9.17) is 9.47 Å². The van der Waals surface area contributed by atoms with Crippen LogP contribution in [0.1, 0.15) is 26.2 Å². The van der Waals surface area contributed by atoms with Gasteiger partial charge in [-0.3, -0.25) is 4.79 Å². The van der Waals surface area contributed by atoms with E-state index < -0.39 is 12.0 Å². The molecule has 1 saturated heterocycles. The number of carboxylic acids is 1. The smallest absolute Gasteiger partial charge is 0.326 e. The second-order valence-corrected chi connectivity index (χ2v) is 5.43. The molecule has 2 aliphatic rings. The molecule has 6 heteroatoms. The SMILES string of the molecule is CCOCCOCC(=O)N1CC2CCCC2C1C(=O)O. The van der Waals surface area contributed by atoms with Gasteiger partial charge in [0.15, 0.2) is 0 Å². The fourth-order valence-corrected chi connectivity index (χ4v) is 3.38. The Labute approximate surface area is 119 Å². The number of hydrogen-bond acceptors (Lipinski definition) is 4. The molecule has 114 valence electrons. The molecule has 0 spiro atoms. The van der Waals surface area contributed by atoms with Gasteiger partial charge >= 0.3 is 5.97 Å². The summed E-state index contributed by atoms with van der Waals surface area (Å²) >= 11 is 0. The average molecular weight is 285 g/mol. The van der Waals surface area contributed by atoms with Crippen molar-refractivity contribution in [3.8, 4) is 0 Å². The van der Waals surface area contributed by atoms with Gasteiger partial charge in [0, 0.05) is 13.2 Å². The molecule has 1 saturated carbocycles. The van der Waals surface area contributed by atoms with Gasteiger partial charge in [0.1, 0.15) is 12.6 Å². The van der Waals surface area contributed by atoms with Gasteiger partial charge in [0.05, 0.1) is 13.2 Å². The van der Waals surface area contributed by atoms with Crippen molar-refractivity contribution in [3.05, 3.63) is 0 Å². The van der Waals surface area contributed by atoms with Gasteiger partial charge in [0.25, 0.3) is 0 Å². The Morgan fingerprint density at radius 3 is 2.70 bits per heavy atom. The predicted octanol–water partition coefficient (Wildman–Crippen LogP) is 0.751. The number of likely N-dealkylation sites (tertiary alicyclic amines) is 1. The fraction of sp³-hybridized carbons (Fsp3) is 0.857. The van der Waals surface area contributed by atoms with Gasteiger partial charge in [-0.2, -0.15) is 0 Å². The number of ether oxygens (including phenoxy) is 2. The maximum Gasteiger partial charge on any atom is 0.326 e. The Morgan fingerprint density at radius 1 is 1.25 bits per heavy atom. The van der Waals surface area contributed by atoms with Crippen LogP contribution in [-0.4, -0.2) is 60.9 Å². The zero-order chi connectivity index (χ0) is 14.5. The number of fused-ring (bicyclic) bond motifs is 1. The van der Waals surface area contributed by atoms with Gasteiger partial charge in [-0.05, 0) is 31.6 Å². The third kappa shape index (κ3) is 3.30. The lowest BCUT2D eigenvalue weighted by molar-refractivity contribution is -0.151. The molecule has 6 nitrogen and oxygen atoms in total. The molecule has 3 atom stereocenters. The number of carbonyl (C=O) groups is 2. The Morgan fingerprint density at radius 2 is 2.00 bits per heavy atom. The van der Waals surface area contributed by atoms with Crippen molar-refractivity contribution in [1.82, 2.24) is 4.90 Å². The van der Waals surface area contributed by atoms with E-state index in [-0.39, 0.29) is 18.4 Å². The van der Waals surface area contributed by atoms with Crippen LogP contribution in [0.3, 0.4) is 0 Å². The molecule has 1 aliphatic heterocycles. The molecule has 0 aromatic rings. The van der Waals surface area contributed by atoms with Crippen LogP contribution in [0, 0.1) is 11.8 Å². The first-order valence-corrected chi connectivity index (χ1v) is 7.33. The van der Waals surface area contributed by atoms with E-state index >= 15 is 0 Å². The quantitative estimate of drug-likeness (QED) is 0.699. The molecule has 0 aromatic heterocycles. The summed E-state index contributed by atoms with van der Waals surface area (Å²) in [5.41, 5.74) is 0. The molecule has 1 amide bonds. The van der Waals surface area contributed by atoms with Crippen LogP contribution in [0.15, 0.2) is 0 Å². The lowest BCUT2D eigenvalue weighted by Gasteiger charge is -2.24. The molecule has 1 N–H and O–H groups in total. The van der Waals surface area contributed by atoms with Gasteiger partial charge < -0.3 is 19.5 Å². The van der Waals surface area contributed by atoms with Crippen LogP contribution in [0.5, 0.6) is 0 Å². The lowest BCUT2D eigenvalue weighted by Crippen LogP contribution is -2.44. The van der Waals surface area contributed by atoms with Gasteiger partial charge in [-0.15, -0.1) is 0 Å². The topological polar surface area (TPSA) is 76.1 Å². The molecule has 3 unspecified atom stereocenters. The summed E-state index contributed by atoms with van der Waals surface area (Å²) < 4.78 is 10.4. The number of amides is 1. The molecule has 2 fully saturated rings. The monoisotopic (exact) mass is 285 g/mol.